The average molecular weight is 294 g/mol. The number of thiophene rings is 1. The maximum Gasteiger partial charge on any atom is 0.273 e. The summed E-state index contributed by atoms with van der Waals surface area (Å²) in [6.45, 7) is 2.43. The Bertz CT molecular complexity index is 707. The summed E-state index contributed by atoms with van der Waals surface area (Å²) in [5.41, 5.74) is 2.57. The molecule has 0 unspecified atom stereocenters. The molecule has 0 saturated heterocycles. The molecule has 0 atom stereocenters. The summed E-state index contributed by atoms with van der Waals surface area (Å²) in [6, 6.07) is 5.34. The van der Waals surface area contributed by atoms with Gasteiger partial charge in [-0.2, -0.15) is 0 Å². The third-order valence-electron chi connectivity index (χ3n) is 3.16. The molecule has 0 bridgehead atoms. The fourth-order valence-electron chi connectivity index (χ4n) is 2.26. The molecule has 1 aliphatic heterocycles. The van der Waals surface area contributed by atoms with Gasteiger partial charge in [-0.3, -0.25) is 9.29 Å². The molecular formula is C13H14N2O2S2. The molecule has 19 heavy (non-hydrogen) atoms. The molecule has 1 aliphatic rings. The van der Waals surface area contributed by atoms with E-state index < -0.39 is 10.0 Å². The van der Waals surface area contributed by atoms with Crippen molar-refractivity contribution < 1.29 is 8.42 Å². The van der Waals surface area contributed by atoms with Crippen LogP contribution in [0.3, 0.4) is 0 Å². The van der Waals surface area contributed by atoms with E-state index in [0.29, 0.717) is 10.8 Å². The van der Waals surface area contributed by atoms with Crippen molar-refractivity contribution in [3.63, 3.8) is 0 Å². The zero-order valence-electron chi connectivity index (χ0n) is 10.5. The van der Waals surface area contributed by atoms with Crippen molar-refractivity contribution in [1.29, 1.82) is 0 Å². The topological polar surface area (TPSA) is 50.3 Å². The Kier molecular flexibility index (Phi) is 3.06. The first-order valence-corrected chi connectivity index (χ1v) is 8.43. The van der Waals surface area contributed by atoms with Gasteiger partial charge in [0.1, 0.15) is 4.21 Å². The van der Waals surface area contributed by atoms with Crippen LogP contribution < -0.4 is 4.31 Å². The van der Waals surface area contributed by atoms with Crippen molar-refractivity contribution >= 4 is 27.0 Å². The monoisotopic (exact) mass is 294 g/mol. The summed E-state index contributed by atoms with van der Waals surface area (Å²) in [5, 5.41) is 1.86. The molecule has 4 nitrogen and oxygen atoms in total. The van der Waals surface area contributed by atoms with Gasteiger partial charge in [-0.15, -0.1) is 11.3 Å². The highest BCUT2D eigenvalue weighted by Crippen LogP contribution is 2.32. The lowest BCUT2D eigenvalue weighted by molar-refractivity contribution is 0.587. The van der Waals surface area contributed by atoms with Crippen molar-refractivity contribution in [2.45, 2.75) is 24.0 Å². The molecule has 2 aromatic rings. The molecular weight excluding hydrogens is 280 g/mol. The normalized spacial score (nSPS) is 15.3. The molecule has 0 aliphatic carbocycles. The van der Waals surface area contributed by atoms with E-state index in [4.69, 9.17) is 0 Å². The molecule has 2 aromatic heterocycles. The fourth-order valence-corrected chi connectivity index (χ4v) is 5.13. The molecule has 0 saturated carbocycles. The van der Waals surface area contributed by atoms with Crippen LogP contribution in [0, 0.1) is 6.92 Å². The van der Waals surface area contributed by atoms with Crippen LogP contribution in [0.25, 0.3) is 0 Å². The van der Waals surface area contributed by atoms with Crippen LogP contribution in [0.4, 0.5) is 5.69 Å². The highest BCUT2D eigenvalue weighted by molar-refractivity contribution is 7.94. The largest absolute Gasteiger partial charge is 0.273 e. The Morgan fingerprint density at radius 1 is 1.42 bits per heavy atom. The van der Waals surface area contributed by atoms with Gasteiger partial charge in [0.25, 0.3) is 10.0 Å². The first-order valence-electron chi connectivity index (χ1n) is 6.11. The molecule has 0 fully saturated rings. The summed E-state index contributed by atoms with van der Waals surface area (Å²) in [7, 11) is -3.44. The maximum atomic E-state index is 12.7. The molecule has 0 amide bonds. The Morgan fingerprint density at radius 2 is 2.26 bits per heavy atom. The molecule has 0 aromatic carbocycles. The van der Waals surface area contributed by atoms with Crippen molar-refractivity contribution in [1.82, 2.24) is 4.98 Å². The number of sulfonamides is 1. The highest BCUT2D eigenvalue weighted by atomic mass is 32.2. The predicted octanol–water partition coefficient (Wildman–Crippen LogP) is 2.59. The van der Waals surface area contributed by atoms with E-state index >= 15 is 0 Å². The van der Waals surface area contributed by atoms with Crippen LogP contribution in [0.15, 0.2) is 34.0 Å². The summed E-state index contributed by atoms with van der Waals surface area (Å²) in [4.78, 5) is 4.28. The molecule has 3 heterocycles. The number of pyridine rings is 1. The van der Waals surface area contributed by atoms with E-state index in [1.54, 1.807) is 18.3 Å². The van der Waals surface area contributed by atoms with Gasteiger partial charge in [0, 0.05) is 12.7 Å². The van der Waals surface area contributed by atoms with Gasteiger partial charge in [0.2, 0.25) is 0 Å². The zero-order chi connectivity index (χ0) is 13.5. The van der Waals surface area contributed by atoms with E-state index in [0.717, 1.165) is 29.8 Å². The molecule has 0 spiro atoms. The lowest BCUT2D eigenvalue weighted by Gasteiger charge is -2.29. The number of fused-ring (bicyclic) bond motifs is 1. The van der Waals surface area contributed by atoms with E-state index in [2.05, 4.69) is 4.98 Å². The van der Waals surface area contributed by atoms with Crippen molar-refractivity contribution in [3.05, 3.63) is 41.0 Å². The minimum atomic E-state index is -3.44. The quantitative estimate of drug-likeness (QED) is 0.855. The zero-order valence-corrected chi connectivity index (χ0v) is 12.2. The standard InChI is InChI=1S/C13H14N2O2S2/c1-10-8-13(18-9-10)19(16,17)15-7-3-4-11-12(15)5-2-6-14-11/h2,5-6,8-9H,3-4,7H2,1H3. The van der Waals surface area contributed by atoms with Gasteiger partial charge < -0.3 is 0 Å². The van der Waals surface area contributed by atoms with Gasteiger partial charge >= 0.3 is 0 Å². The number of rotatable bonds is 2. The van der Waals surface area contributed by atoms with Gasteiger partial charge in [-0.1, -0.05) is 0 Å². The summed E-state index contributed by atoms with van der Waals surface area (Å²) >= 11 is 1.27. The van der Waals surface area contributed by atoms with Crippen molar-refractivity contribution in [3.8, 4) is 0 Å². The third-order valence-corrected chi connectivity index (χ3v) is 6.51. The third kappa shape index (κ3) is 2.15. The average Bonchev–Trinajstić information content (AvgIpc) is 2.85. The van der Waals surface area contributed by atoms with Gasteiger partial charge in [-0.25, -0.2) is 8.42 Å². The van der Waals surface area contributed by atoms with Gasteiger partial charge in [0.15, 0.2) is 0 Å². The molecule has 6 heteroatoms. The molecule has 100 valence electrons. The first kappa shape index (κ1) is 12.6. The minimum absolute atomic E-state index is 0.404. The smallest absolute Gasteiger partial charge is 0.264 e. The second-order valence-corrected chi connectivity index (χ2v) is 7.59. The van der Waals surface area contributed by atoms with Crippen LogP contribution in [-0.4, -0.2) is 19.9 Å². The van der Waals surface area contributed by atoms with E-state index in [-0.39, 0.29) is 0 Å². The fraction of sp³-hybridized carbons (Fsp3) is 0.308. The Labute approximate surface area is 116 Å². The number of anilines is 1. The summed E-state index contributed by atoms with van der Waals surface area (Å²) < 4.78 is 27.2. The maximum absolute atomic E-state index is 12.7. The second-order valence-electron chi connectivity index (χ2n) is 4.59. The first-order chi connectivity index (χ1) is 9.09. The lowest BCUT2D eigenvalue weighted by Crippen LogP contribution is -2.35. The van der Waals surface area contributed by atoms with Crippen molar-refractivity contribution in [2.24, 2.45) is 0 Å². The van der Waals surface area contributed by atoms with Crippen LogP contribution in [0.2, 0.25) is 0 Å². The molecule has 0 N–H and O–H groups in total. The summed E-state index contributed by atoms with van der Waals surface area (Å²) in [5.74, 6) is 0. The van der Waals surface area contributed by atoms with Gasteiger partial charge in [0.05, 0.1) is 11.4 Å². The Morgan fingerprint density at radius 3 is 3.00 bits per heavy atom. The van der Waals surface area contributed by atoms with Crippen LogP contribution in [0.5, 0.6) is 0 Å². The number of nitrogens with zero attached hydrogens (tertiary/aromatic N) is 2. The lowest BCUT2D eigenvalue weighted by atomic mass is 10.1. The van der Waals surface area contributed by atoms with Crippen LogP contribution in [-0.2, 0) is 16.4 Å². The SMILES string of the molecule is Cc1csc(S(=O)(=O)N2CCCc3ncccc32)c1. The number of aryl methyl sites for hydroxylation is 2. The molecule has 3 rings (SSSR count). The number of hydrogen-bond acceptors (Lipinski definition) is 4. The Balaban J connectivity index is 2.08. The Hall–Kier alpha value is -1.40. The van der Waals surface area contributed by atoms with E-state index in [9.17, 15) is 8.42 Å². The van der Waals surface area contributed by atoms with E-state index in [1.165, 1.54) is 15.6 Å². The van der Waals surface area contributed by atoms with Gasteiger partial charge in [-0.05, 0) is 48.9 Å². The van der Waals surface area contributed by atoms with Crippen molar-refractivity contribution in [2.75, 3.05) is 10.8 Å². The minimum Gasteiger partial charge on any atom is -0.264 e. The second kappa shape index (κ2) is 4.61. The van der Waals surface area contributed by atoms with Crippen LogP contribution in [0.1, 0.15) is 17.7 Å². The van der Waals surface area contributed by atoms with Crippen LogP contribution >= 0.6 is 11.3 Å². The molecule has 0 radical (unpaired) electrons. The summed E-state index contributed by atoms with van der Waals surface area (Å²) in [6.07, 6.45) is 3.36. The highest BCUT2D eigenvalue weighted by Gasteiger charge is 2.30. The number of aromatic nitrogens is 1. The number of hydrogen-bond donors (Lipinski definition) is 0. The van der Waals surface area contributed by atoms with E-state index in [1.807, 2.05) is 18.4 Å². The predicted molar refractivity (Wildman–Crippen MR) is 76.1 cm³/mol.